The van der Waals surface area contributed by atoms with Crippen molar-refractivity contribution in [1.82, 2.24) is 4.90 Å². The summed E-state index contributed by atoms with van der Waals surface area (Å²) < 4.78 is 32.8. The van der Waals surface area contributed by atoms with E-state index in [4.69, 9.17) is 16.3 Å². The first-order valence-corrected chi connectivity index (χ1v) is 7.27. The van der Waals surface area contributed by atoms with Crippen LogP contribution in [0.4, 0.5) is 19.3 Å². The first-order chi connectivity index (χ1) is 11.5. The summed E-state index contributed by atoms with van der Waals surface area (Å²) in [6, 6.07) is 8.57. The molecule has 1 aliphatic heterocycles. The first kappa shape index (κ1) is 16.4. The number of amides is 3. The number of rotatable bonds is 2. The van der Waals surface area contributed by atoms with Crippen LogP contribution in [0.25, 0.3) is 0 Å². The van der Waals surface area contributed by atoms with E-state index >= 15 is 0 Å². The number of nitrogens with zero attached hydrogens (tertiary/aromatic N) is 2. The molecule has 2 aromatic carbocycles. The zero-order valence-corrected chi connectivity index (χ0v) is 13.0. The van der Waals surface area contributed by atoms with E-state index in [0.29, 0.717) is 15.6 Å². The second-order valence-electron chi connectivity index (χ2n) is 4.98. The number of carbonyl (C=O) groups excluding carboxylic acids is 2. The van der Waals surface area contributed by atoms with Gasteiger partial charge in [0.05, 0.1) is 0 Å². The van der Waals surface area contributed by atoms with Crippen LogP contribution in [-0.4, -0.2) is 30.3 Å². The highest BCUT2D eigenvalue weighted by Gasteiger charge is 2.34. The van der Waals surface area contributed by atoms with Crippen molar-refractivity contribution in [2.24, 2.45) is 0 Å². The van der Waals surface area contributed by atoms with E-state index < -0.39 is 35.9 Å². The highest BCUT2D eigenvalue weighted by atomic mass is 35.5. The Kier molecular flexibility index (Phi) is 4.46. The molecular formula is C16H11ClF2N2O3. The summed E-state index contributed by atoms with van der Waals surface area (Å²) in [6.45, 7) is -0.487. The van der Waals surface area contributed by atoms with E-state index in [2.05, 4.69) is 0 Å². The van der Waals surface area contributed by atoms with Gasteiger partial charge in [-0.2, -0.15) is 0 Å². The number of benzene rings is 2. The third-order valence-corrected chi connectivity index (χ3v) is 3.71. The molecule has 0 spiro atoms. The van der Waals surface area contributed by atoms with Crippen LogP contribution >= 0.6 is 11.6 Å². The number of anilines is 1. The molecule has 0 radical (unpaired) electrons. The van der Waals surface area contributed by atoms with Crippen molar-refractivity contribution in [3.05, 3.63) is 64.7 Å². The lowest BCUT2D eigenvalue weighted by atomic mass is 10.1. The molecule has 0 atom stereocenters. The van der Waals surface area contributed by atoms with E-state index in [1.54, 1.807) is 24.3 Å². The van der Waals surface area contributed by atoms with Gasteiger partial charge in [-0.15, -0.1) is 0 Å². The first-order valence-electron chi connectivity index (χ1n) is 6.89. The topological polar surface area (TPSA) is 49.9 Å². The predicted molar refractivity (Wildman–Crippen MR) is 82.7 cm³/mol. The van der Waals surface area contributed by atoms with E-state index in [1.807, 2.05) is 0 Å². The molecule has 0 unspecified atom stereocenters. The molecule has 0 bridgehead atoms. The Morgan fingerprint density at radius 2 is 1.67 bits per heavy atom. The zero-order chi connectivity index (χ0) is 17.3. The number of halogens is 3. The highest BCUT2D eigenvalue weighted by Crippen LogP contribution is 2.23. The van der Waals surface area contributed by atoms with E-state index in [-0.39, 0.29) is 6.73 Å². The van der Waals surface area contributed by atoms with Crippen molar-refractivity contribution in [2.75, 3.05) is 18.4 Å². The Bertz CT molecular complexity index is 778. The maximum Gasteiger partial charge on any atom is 0.335 e. The minimum atomic E-state index is -1.10. The standard InChI is InChI=1S/C16H11ClF2N2O3/c17-10-4-6-11(7-5-10)20-8-24-9-21(16(20)23)15(22)14-12(18)2-1-3-13(14)19/h1-7H,8-9H2. The lowest BCUT2D eigenvalue weighted by Gasteiger charge is -2.34. The summed E-state index contributed by atoms with van der Waals surface area (Å²) in [5.41, 5.74) is -0.358. The minimum Gasteiger partial charge on any atom is -0.340 e. The van der Waals surface area contributed by atoms with Gasteiger partial charge in [0, 0.05) is 10.7 Å². The Morgan fingerprint density at radius 3 is 2.29 bits per heavy atom. The summed E-state index contributed by atoms with van der Waals surface area (Å²) in [6.07, 6.45) is 0. The minimum absolute atomic E-state index is 0.0933. The van der Waals surface area contributed by atoms with Crippen LogP contribution < -0.4 is 4.90 Å². The number of ether oxygens (including phenoxy) is 1. The normalized spacial score (nSPS) is 14.9. The van der Waals surface area contributed by atoms with Gasteiger partial charge in [-0.25, -0.2) is 18.5 Å². The number of carbonyl (C=O) groups is 2. The zero-order valence-electron chi connectivity index (χ0n) is 12.2. The molecule has 1 saturated heterocycles. The van der Waals surface area contributed by atoms with Gasteiger partial charge in [-0.05, 0) is 36.4 Å². The van der Waals surface area contributed by atoms with Crippen LogP contribution in [0, 0.1) is 11.6 Å². The second kappa shape index (κ2) is 6.54. The van der Waals surface area contributed by atoms with Gasteiger partial charge in [0.15, 0.2) is 0 Å². The number of hydrogen-bond acceptors (Lipinski definition) is 3. The quantitative estimate of drug-likeness (QED) is 0.829. The lowest BCUT2D eigenvalue weighted by Crippen LogP contribution is -2.53. The molecule has 1 aliphatic rings. The predicted octanol–water partition coefficient (Wildman–Crippen LogP) is 3.63. The number of urea groups is 1. The van der Waals surface area contributed by atoms with Crippen LogP contribution in [-0.2, 0) is 4.74 Å². The van der Waals surface area contributed by atoms with Crippen molar-refractivity contribution in [2.45, 2.75) is 0 Å². The third-order valence-electron chi connectivity index (χ3n) is 3.46. The fourth-order valence-electron chi connectivity index (χ4n) is 2.27. The monoisotopic (exact) mass is 352 g/mol. The van der Waals surface area contributed by atoms with E-state index in [9.17, 15) is 18.4 Å². The highest BCUT2D eigenvalue weighted by molar-refractivity contribution is 6.30. The molecule has 0 saturated carbocycles. The molecule has 0 aromatic heterocycles. The van der Waals surface area contributed by atoms with E-state index in [0.717, 1.165) is 23.1 Å². The average molecular weight is 353 g/mol. The molecule has 0 N–H and O–H groups in total. The summed E-state index contributed by atoms with van der Waals surface area (Å²) in [5.74, 6) is -3.19. The van der Waals surface area contributed by atoms with Gasteiger partial charge in [0.2, 0.25) is 0 Å². The van der Waals surface area contributed by atoms with Gasteiger partial charge in [-0.1, -0.05) is 17.7 Å². The molecule has 3 amide bonds. The molecule has 8 heteroatoms. The van der Waals surface area contributed by atoms with Crippen molar-refractivity contribution in [1.29, 1.82) is 0 Å². The van der Waals surface area contributed by atoms with Gasteiger partial charge < -0.3 is 4.74 Å². The molecule has 0 aliphatic carbocycles. The van der Waals surface area contributed by atoms with Crippen LogP contribution in [0.1, 0.15) is 10.4 Å². The fraction of sp³-hybridized carbons (Fsp3) is 0.125. The SMILES string of the molecule is O=C(c1c(F)cccc1F)N1COCN(c2ccc(Cl)cc2)C1=O. The maximum absolute atomic E-state index is 13.8. The van der Waals surface area contributed by atoms with Crippen LogP contribution in [0.15, 0.2) is 42.5 Å². The van der Waals surface area contributed by atoms with Crippen LogP contribution in [0.2, 0.25) is 5.02 Å². The second-order valence-corrected chi connectivity index (χ2v) is 5.42. The molecule has 1 fully saturated rings. The van der Waals surface area contributed by atoms with Gasteiger partial charge in [0.1, 0.15) is 30.7 Å². The van der Waals surface area contributed by atoms with Crippen molar-refractivity contribution in [3.8, 4) is 0 Å². The molecule has 3 rings (SSSR count). The Morgan fingerprint density at radius 1 is 1.04 bits per heavy atom. The van der Waals surface area contributed by atoms with E-state index in [1.165, 1.54) is 0 Å². The number of hydrogen-bond donors (Lipinski definition) is 0. The molecule has 5 nitrogen and oxygen atoms in total. The molecular weight excluding hydrogens is 342 g/mol. The van der Waals surface area contributed by atoms with Crippen molar-refractivity contribution in [3.63, 3.8) is 0 Å². The largest absolute Gasteiger partial charge is 0.340 e. The Labute approximate surface area is 141 Å². The Balaban J connectivity index is 1.90. The third kappa shape index (κ3) is 2.95. The molecule has 1 heterocycles. The van der Waals surface area contributed by atoms with Gasteiger partial charge >= 0.3 is 6.03 Å². The van der Waals surface area contributed by atoms with Crippen molar-refractivity contribution < 1.29 is 23.1 Å². The summed E-state index contributed by atoms with van der Waals surface area (Å²) >= 11 is 5.80. The lowest BCUT2D eigenvalue weighted by molar-refractivity contribution is 0.0216. The Hall–Kier alpha value is -2.51. The van der Waals surface area contributed by atoms with Gasteiger partial charge in [-0.3, -0.25) is 9.69 Å². The summed E-state index contributed by atoms with van der Waals surface area (Å²) in [4.78, 5) is 26.7. The van der Waals surface area contributed by atoms with Crippen molar-refractivity contribution >= 4 is 29.2 Å². The average Bonchev–Trinajstić information content (AvgIpc) is 2.56. The molecule has 24 heavy (non-hydrogen) atoms. The fourth-order valence-corrected chi connectivity index (χ4v) is 2.39. The van der Waals surface area contributed by atoms with Gasteiger partial charge in [0.25, 0.3) is 5.91 Å². The molecule has 124 valence electrons. The maximum atomic E-state index is 13.8. The van der Waals surface area contributed by atoms with Crippen LogP contribution in [0.3, 0.4) is 0 Å². The molecule has 2 aromatic rings. The smallest absolute Gasteiger partial charge is 0.335 e. The van der Waals surface area contributed by atoms with Crippen LogP contribution in [0.5, 0.6) is 0 Å². The summed E-state index contributed by atoms with van der Waals surface area (Å²) in [7, 11) is 0. The number of imide groups is 1. The summed E-state index contributed by atoms with van der Waals surface area (Å²) in [5, 5.41) is 0.477.